The van der Waals surface area contributed by atoms with Gasteiger partial charge in [-0.1, -0.05) is 37.3 Å². The third-order valence-electron chi connectivity index (χ3n) is 6.95. The Morgan fingerprint density at radius 2 is 1.81 bits per heavy atom. The molecule has 2 heterocycles. The van der Waals surface area contributed by atoms with Crippen molar-refractivity contribution in [2.75, 3.05) is 13.1 Å². The maximum Gasteiger partial charge on any atom is 0.223 e. The predicted octanol–water partition coefficient (Wildman–Crippen LogP) is 4.53. The first-order valence-corrected chi connectivity index (χ1v) is 11.2. The fourth-order valence-electron chi connectivity index (χ4n) is 4.69. The Kier molecular flexibility index (Phi) is 6.31. The number of hydrogen-bond donors (Lipinski definition) is 2. The van der Waals surface area contributed by atoms with Crippen molar-refractivity contribution in [1.29, 1.82) is 0 Å². The minimum absolute atomic E-state index is 0.0252. The van der Waals surface area contributed by atoms with E-state index in [1.807, 2.05) is 41.4 Å². The molecule has 32 heavy (non-hydrogen) atoms. The van der Waals surface area contributed by atoms with E-state index in [1.54, 1.807) is 6.92 Å². The molecule has 3 N–H and O–H groups in total. The third-order valence-corrected chi connectivity index (χ3v) is 6.95. The van der Waals surface area contributed by atoms with E-state index in [0.717, 1.165) is 34.9 Å². The van der Waals surface area contributed by atoms with Crippen LogP contribution in [0, 0.1) is 11.2 Å². The summed E-state index contributed by atoms with van der Waals surface area (Å²) in [5.41, 5.74) is 8.16. The van der Waals surface area contributed by atoms with Crippen LogP contribution >= 0.6 is 0 Å². The van der Waals surface area contributed by atoms with Crippen LogP contribution in [-0.2, 0) is 16.0 Å². The third kappa shape index (κ3) is 4.69. The number of rotatable bonds is 7. The van der Waals surface area contributed by atoms with Crippen LogP contribution in [0.15, 0.2) is 54.7 Å². The van der Waals surface area contributed by atoms with Gasteiger partial charge in [0.05, 0.1) is 5.41 Å². The number of aromatic nitrogens is 1. The van der Waals surface area contributed by atoms with E-state index in [0.29, 0.717) is 31.8 Å². The van der Waals surface area contributed by atoms with Gasteiger partial charge in [-0.3, -0.25) is 9.59 Å². The van der Waals surface area contributed by atoms with Crippen LogP contribution in [0.4, 0.5) is 4.39 Å². The van der Waals surface area contributed by atoms with Gasteiger partial charge in [-0.05, 0) is 60.9 Å². The van der Waals surface area contributed by atoms with Crippen LogP contribution in [0.2, 0.25) is 0 Å². The van der Waals surface area contributed by atoms with Gasteiger partial charge in [-0.15, -0.1) is 0 Å². The number of para-hydroxylation sites is 1. The van der Waals surface area contributed by atoms with E-state index in [4.69, 9.17) is 5.73 Å². The van der Waals surface area contributed by atoms with E-state index < -0.39 is 11.3 Å². The fourth-order valence-corrected chi connectivity index (χ4v) is 4.69. The zero-order chi connectivity index (χ0) is 22.7. The van der Waals surface area contributed by atoms with Gasteiger partial charge in [0.1, 0.15) is 5.82 Å². The lowest BCUT2D eigenvalue weighted by molar-refractivity contribution is -0.140. The summed E-state index contributed by atoms with van der Waals surface area (Å²) in [5, 5.41) is 1.13. The monoisotopic (exact) mass is 435 g/mol. The van der Waals surface area contributed by atoms with Crippen LogP contribution in [-0.4, -0.2) is 34.8 Å². The maximum absolute atomic E-state index is 13.2. The molecule has 1 aliphatic heterocycles. The van der Waals surface area contributed by atoms with Crippen molar-refractivity contribution in [1.82, 2.24) is 9.88 Å². The number of nitrogens with two attached hydrogens (primary N) is 1. The van der Waals surface area contributed by atoms with Gasteiger partial charge in [-0.25, -0.2) is 4.39 Å². The normalized spacial score (nSPS) is 16.8. The Morgan fingerprint density at radius 1 is 1.12 bits per heavy atom. The number of aromatic amines is 1. The number of primary amides is 1. The molecule has 3 aromatic rings. The fraction of sp³-hybridized carbons (Fsp3) is 0.385. The van der Waals surface area contributed by atoms with Crippen molar-refractivity contribution in [3.8, 4) is 0 Å². The topological polar surface area (TPSA) is 79.2 Å². The zero-order valence-corrected chi connectivity index (χ0v) is 18.4. The number of piperidine rings is 1. The Hall–Kier alpha value is -3.15. The number of carbonyl (C=O) groups excluding carboxylic acids is 2. The highest BCUT2D eigenvalue weighted by atomic mass is 19.1. The van der Waals surface area contributed by atoms with Crippen molar-refractivity contribution in [3.05, 3.63) is 71.7 Å². The summed E-state index contributed by atoms with van der Waals surface area (Å²) in [7, 11) is 0. The molecule has 1 unspecified atom stereocenters. The van der Waals surface area contributed by atoms with Crippen molar-refractivity contribution in [2.24, 2.45) is 11.1 Å². The second-order valence-corrected chi connectivity index (χ2v) is 9.17. The molecule has 1 aromatic heterocycles. The Labute approximate surface area is 187 Å². The van der Waals surface area contributed by atoms with Crippen LogP contribution in [0.25, 0.3) is 10.9 Å². The smallest absolute Gasteiger partial charge is 0.223 e. The first kappa shape index (κ1) is 22.1. The number of hydrogen-bond acceptors (Lipinski definition) is 2. The van der Waals surface area contributed by atoms with Crippen molar-refractivity contribution in [3.63, 3.8) is 0 Å². The summed E-state index contributed by atoms with van der Waals surface area (Å²) in [4.78, 5) is 30.5. The summed E-state index contributed by atoms with van der Waals surface area (Å²) < 4.78 is 13.2. The van der Waals surface area contributed by atoms with Gasteiger partial charge < -0.3 is 15.6 Å². The van der Waals surface area contributed by atoms with E-state index in [9.17, 15) is 14.0 Å². The molecule has 1 aliphatic rings. The first-order valence-electron chi connectivity index (χ1n) is 11.2. The van der Waals surface area contributed by atoms with Crippen molar-refractivity contribution < 1.29 is 14.0 Å². The van der Waals surface area contributed by atoms with Crippen molar-refractivity contribution in [2.45, 2.75) is 44.9 Å². The molecule has 1 saturated heterocycles. The Morgan fingerprint density at radius 3 is 2.50 bits per heavy atom. The number of likely N-dealkylation sites (tertiary alicyclic amines) is 1. The number of aryl methyl sites for hydroxylation is 1. The minimum atomic E-state index is -0.900. The number of nitrogens with zero attached hydrogens (tertiary/aromatic N) is 1. The number of H-pyrrole nitrogens is 1. The zero-order valence-electron chi connectivity index (χ0n) is 18.4. The summed E-state index contributed by atoms with van der Waals surface area (Å²) in [6.07, 6.45) is 4.94. The summed E-state index contributed by atoms with van der Waals surface area (Å²) in [5.74, 6) is -0.376. The van der Waals surface area contributed by atoms with Crippen LogP contribution < -0.4 is 5.73 Å². The molecule has 6 heteroatoms. The van der Waals surface area contributed by atoms with E-state index in [-0.39, 0.29) is 18.1 Å². The van der Waals surface area contributed by atoms with E-state index in [2.05, 4.69) is 11.1 Å². The maximum atomic E-state index is 13.2. The second kappa shape index (κ2) is 9.15. The number of fused-ring (bicyclic) bond motifs is 1. The van der Waals surface area contributed by atoms with Crippen LogP contribution in [0.3, 0.4) is 0 Å². The molecule has 2 amide bonds. The molecule has 4 rings (SSSR count). The highest BCUT2D eigenvalue weighted by molar-refractivity contribution is 5.88. The molecule has 0 saturated carbocycles. The van der Waals surface area contributed by atoms with Gasteiger partial charge in [0, 0.05) is 36.6 Å². The lowest BCUT2D eigenvalue weighted by Gasteiger charge is -2.35. The molecule has 5 nitrogen and oxygen atoms in total. The second-order valence-electron chi connectivity index (χ2n) is 9.17. The highest BCUT2D eigenvalue weighted by Crippen LogP contribution is 2.33. The lowest BCUT2D eigenvalue weighted by atomic mass is 9.79. The summed E-state index contributed by atoms with van der Waals surface area (Å²) in [6, 6.07) is 14.7. The number of benzene rings is 2. The van der Waals surface area contributed by atoms with Gasteiger partial charge in [0.15, 0.2) is 0 Å². The van der Waals surface area contributed by atoms with Gasteiger partial charge >= 0.3 is 0 Å². The lowest BCUT2D eigenvalue weighted by Crippen LogP contribution is -2.44. The SMILES string of the molecule is CC(CCc1c[nH]c2ccccc12)(CC(=O)N1CCC(c2ccc(F)cc2)CC1)C(N)=O. The molecule has 0 bridgehead atoms. The highest BCUT2D eigenvalue weighted by Gasteiger charge is 2.36. The van der Waals surface area contributed by atoms with Gasteiger partial charge in [-0.2, -0.15) is 0 Å². The minimum Gasteiger partial charge on any atom is -0.369 e. The molecular weight excluding hydrogens is 405 g/mol. The van der Waals surface area contributed by atoms with Gasteiger partial charge in [0.25, 0.3) is 0 Å². The number of nitrogens with one attached hydrogen (secondary N) is 1. The largest absolute Gasteiger partial charge is 0.369 e. The number of amides is 2. The summed E-state index contributed by atoms with van der Waals surface area (Å²) >= 11 is 0. The molecule has 0 spiro atoms. The standard InChI is InChI=1S/C26H30FN3O2/c1-26(25(28)32,13-10-20-17-29-23-5-3-2-4-22(20)23)16-24(31)30-14-11-19(12-15-30)18-6-8-21(27)9-7-18/h2-9,17,19,29H,10-16H2,1H3,(H2,28,32). The molecular formula is C26H30FN3O2. The predicted molar refractivity (Wildman–Crippen MR) is 123 cm³/mol. The number of carbonyl (C=O) groups is 2. The van der Waals surface area contributed by atoms with Crippen molar-refractivity contribution >= 4 is 22.7 Å². The number of halogens is 1. The van der Waals surface area contributed by atoms with Crippen LogP contribution in [0.5, 0.6) is 0 Å². The molecule has 1 fully saturated rings. The molecule has 2 aromatic carbocycles. The molecule has 0 radical (unpaired) electrons. The summed E-state index contributed by atoms with van der Waals surface area (Å²) in [6.45, 7) is 3.07. The van der Waals surface area contributed by atoms with Crippen LogP contribution in [0.1, 0.15) is 49.7 Å². The molecule has 0 aliphatic carbocycles. The van der Waals surface area contributed by atoms with Gasteiger partial charge in [0.2, 0.25) is 11.8 Å². The first-order chi connectivity index (χ1) is 15.4. The van der Waals surface area contributed by atoms with E-state index in [1.165, 1.54) is 12.1 Å². The molecule has 1 atom stereocenters. The molecule has 168 valence electrons. The Balaban J connectivity index is 1.36. The Bertz CT molecular complexity index is 1100. The average Bonchev–Trinajstić information content (AvgIpc) is 3.21. The quantitative estimate of drug-likeness (QED) is 0.572. The average molecular weight is 436 g/mol. The van der Waals surface area contributed by atoms with E-state index >= 15 is 0 Å².